The largest absolute Gasteiger partial charge is 0.465 e. The van der Waals surface area contributed by atoms with E-state index in [0.29, 0.717) is 11.1 Å². The van der Waals surface area contributed by atoms with Crippen molar-refractivity contribution in [3.63, 3.8) is 0 Å². The molecule has 0 saturated carbocycles. The molecular weight excluding hydrogens is 182 g/mol. The number of carbonyl (C=O) groups excluding carboxylic acids is 1. The zero-order valence-corrected chi connectivity index (χ0v) is 8.15. The van der Waals surface area contributed by atoms with Crippen molar-refractivity contribution in [3.8, 4) is 0 Å². The molecule has 0 spiro atoms. The number of rotatable bonds is 2. The van der Waals surface area contributed by atoms with Crippen molar-refractivity contribution in [1.29, 1.82) is 0 Å². The molecule has 76 valence electrons. The number of hydrogen-bond donors (Lipinski definition) is 2. The van der Waals surface area contributed by atoms with E-state index in [1.165, 1.54) is 13.2 Å². The fourth-order valence-corrected chi connectivity index (χ4v) is 1.22. The van der Waals surface area contributed by atoms with E-state index in [2.05, 4.69) is 4.74 Å². The van der Waals surface area contributed by atoms with Crippen molar-refractivity contribution in [2.75, 3.05) is 7.11 Å². The van der Waals surface area contributed by atoms with Crippen LogP contribution in [0.2, 0.25) is 0 Å². The van der Waals surface area contributed by atoms with Gasteiger partial charge >= 0.3 is 5.97 Å². The average Bonchev–Trinajstić information content (AvgIpc) is 2.15. The number of aliphatic hydroxyl groups is 1. The molecule has 0 aliphatic rings. The van der Waals surface area contributed by atoms with Crippen LogP contribution >= 0.6 is 0 Å². The van der Waals surface area contributed by atoms with E-state index in [0.717, 1.165) is 5.56 Å². The van der Waals surface area contributed by atoms with Crippen LogP contribution in [-0.2, 0) is 4.74 Å². The highest BCUT2D eigenvalue weighted by atomic mass is 16.5. The van der Waals surface area contributed by atoms with Gasteiger partial charge < -0.3 is 15.6 Å². The molecule has 0 amide bonds. The lowest BCUT2D eigenvalue weighted by Gasteiger charge is -2.08. The molecule has 0 radical (unpaired) electrons. The van der Waals surface area contributed by atoms with Crippen molar-refractivity contribution in [1.82, 2.24) is 0 Å². The maximum absolute atomic E-state index is 11.2. The topological polar surface area (TPSA) is 72.5 Å². The van der Waals surface area contributed by atoms with Crippen LogP contribution in [0.3, 0.4) is 0 Å². The van der Waals surface area contributed by atoms with Gasteiger partial charge in [0.25, 0.3) is 0 Å². The van der Waals surface area contributed by atoms with Crippen molar-refractivity contribution < 1.29 is 14.6 Å². The van der Waals surface area contributed by atoms with Crippen molar-refractivity contribution in [3.05, 3.63) is 34.9 Å². The summed E-state index contributed by atoms with van der Waals surface area (Å²) in [5.41, 5.74) is 7.05. The summed E-state index contributed by atoms with van der Waals surface area (Å²) in [4.78, 5) is 11.2. The maximum atomic E-state index is 11.2. The lowest BCUT2D eigenvalue weighted by molar-refractivity contribution is 0.0600. The minimum absolute atomic E-state index is 0.395. The monoisotopic (exact) mass is 195 g/mol. The van der Waals surface area contributed by atoms with Gasteiger partial charge in [-0.1, -0.05) is 6.07 Å². The van der Waals surface area contributed by atoms with E-state index in [4.69, 9.17) is 10.8 Å². The van der Waals surface area contributed by atoms with Crippen LogP contribution in [0.25, 0.3) is 0 Å². The lowest BCUT2D eigenvalue weighted by atomic mass is 10.1. The SMILES string of the molecule is COC(=O)c1cc(C)cc(C(N)O)c1. The molecule has 4 heteroatoms. The molecule has 1 unspecified atom stereocenters. The van der Waals surface area contributed by atoms with Gasteiger partial charge in [-0.3, -0.25) is 0 Å². The van der Waals surface area contributed by atoms with Crippen molar-refractivity contribution >= 4 is 5.97 Å². The minimum atomic E-state index is -1.07. The molecule has 14 heavy (non-hydrogen) atoms. The Morgan fingerprint density at radius 3 is 2.64 bits per heavy atom. The first kappa shape index (κ1) is 10.7. The van der Waals surface area contributed by atoms with Crippen LogP contribution in [0.5, 0.6) is 0 Å². The van der Waals surface area contributed by atoms with Gasteiger partial charge in [-0.2, -0.15) is 0 Å². The van der Waals surface area contributed by atoms with E-state index in [1.54, 1.807) is 12.1 Å². The number of benzene rings is 1. The van der Waals surface area contributed by atoms with Gasteiger partial charge in [0.05, 0.1) is 12.7 Å². The molecule has 1 rings (SSSR count). The van der Waals surface area contributed by atoms with Crippen LogP contribution in [0.4, 0.5) is 0 Å². The highest BCUT2D eigenvalue weighted by molar-refractivity contribution is 5.89. The Bertz CT molecular complexity index is 347. The van der Waals surface area contributed by atoms with Crippen LogP contribution in [-0.4, -0.2) is 18.2 Å². The second-order valence-electron chi connectivity index (χ2n) is 3.07. The molecule has 4 nitrogen and oxygen atoms in total. The Labute approximate surface area is 82.3 Å². The Morgan fingerprint density at radius 1 is 1.50 bits per heavy atom. The molecule has 0 aliphatic carbocycles. The van der Waals surface area contributed by atoms with Gasteiger partial charge in [0.15, 0.2) is 0 Å². The molecule has 1 atom stereocenters. The molecule has 0 aliphatic heterocycles. The van der Waals surface area contributed by atoms with Crippen LogP contribution < -0.4 is 5.73 Å². The number of hydrogen-bond acceptors (Lipinski definition) is 4. The smallest absolute Gasteiger partial charge is 0.337 e. The molecule has 0 fully saturated rings. The first-order valence-electron chi connectivity index (χ1n) is 4.18. The van der Waals surface area contributed by atoms with Crippen LogP contribution in [0, 0.1) is 6.92 Å². The van der Waals surface area contributed by atoms with Gasteiger partial charge in [-0.05, 0) is 30.2 Å². The first-order valence-corrected chi connectivity index (χ1v) is 4.18. The average molecular weight is 195 g/mol. The van der Waals surface area contributed by atoms with E-state index in [9.17, 15) is 4.79 Å². The number of ether oxygens (including phenoxy) is 1. The third-order valence-electron chi connectivity index (χ3n) is 1.86. The normalized spacial score (nSPS) is 12.3. The Kier molecular flexibility index (Phi) is 3.22. The number of methoxy groups -OCH3 is 1. The minimum Gasteiger partial charge on any atom is -0.465 e. The maximum Gasteiger partial charge on any atom is 0.337 e. The quantitative estimate of drug-likeness (QED) is 0.539. The van der Waals surface area contributed by atoms with E-state index < -0.39 is 12.2 Å². The van der Waals surface area contributed by atoms with Gasteiger partial charge in [0.2, 0.25) is 0 Å². The van der Waals surface area contributed by atoms with Crippen LogP contribution in [0.1, 0.15) is 27.7 Å². The zero-order chi connectivity index (χ0) is 10.7. The van der Waals surface area contributed by atoms with Gasteiger partial charge in [0.1, 0.15) is 6.23 Å². The fourth-order valence-electron chi connectivity index (χ4n) is 1.22. The summed E-state index contributed by atoms with van der Waals surface area (Å²) in [6, 6.07) is 4.92. The second kappa shape index (κ2) is 4.21. The fraction of sp³-hybridized carbons (Fsp3) is 0.300. The number of nitrogens with two attached hydrogens (primary N) is 1. The zero-order valence-electron chi connectivity index (χ0n) is 8.15. The lowest BCUT2D eigenvalue weighted by Crippen LogP contribution is -2.11. The highest BCUT2D eigenvalue weighted by Crippen LogP contribution is 2.14. The summed E-state index contributed by atoms with van der Waals surface area (Å²) in [6.07, 6.45) is -1.07. The van der Waals surface area contributed by atoms with E-state index >= 15 is 0 Å². The molecule has 0 saturated heterocycles. The summed E-state index contributed by atoms with van der Waals surface area (Å²) < 4.78 is 4.56. The predicted octanol–water partition coefficient (Wildman–Crippen LogP) is 0.731. The van der Waals surface area contributed by atoms with Crippen molar-refractivity contribution in [2.24, 2.45) is 5.73 Å². The summed E-state index contributed by atoms with van der Waals surface area (Å²) in [5.74, 6) is -0.435. The van der Waals surface area contributed by atoms with Crippen LogP contribution in [0.15, 0.2) is 18.2 Å². The molecule has 1 aromatic carbocycles. The predicted molar refractivity (Wildman–Crippen MR) is 51.7 cm³/mol. The number of carbonyl (C=O) groups is 1. The summed E-state index contributed by atoms with van der Waals surface area (Å²) in [7, 11) is 1.31. The Morgan fingerprint density at radius 2 is 2.14 bits per heavy atom. The molecule has 0 bridgehead atoms. The number of aryl methyl sites for hydroxylation is 1. The first-order chi connectivity index (χ1) is 6.54. The third kappa shape index (κ3) is 2.31. The molecule has 0 heterocycles. The van der Waals surface area contributed by atoms with Gasteiger partial charge in [0, 0.05) is 0 Å². The molecular formula is C10H13NO3. The summed E-state index contributed by atoms with van der Waals surface area (Å²) in [6.45, 7) is 1.82. The molecule has 3 N–H and O–H groups in total. The van der Waals surface area contributed by atoms with Gasteiger partial charge in [-0.15, -0.1) is 0 Å². The second-order valence-corrected chi connectivity index (χ2v) is 3.07. The standard InChI is InChI=1S/C10H13NO3/c1-6-3-7(9(11)12)5-8(4-6)10(13)14-2/h3-5,9,12H,11H2,1-2H3. The highest BCUT2D eigenvalue weighted by Gasteiger charge is 2.09. The van der Waals surface area contributed by atoms with Gasteiger partial charge in [-0.25, -0.2) is 4.79 Å². The molecule has 1 aromatic rings. The summed E-state index contributed by atoms with van der Waals surface area (Å²) >= 11 is 0. The van der Waals surface area contributed by atoms with E-state index in [1.807, 2.05) is 6.92 Å². The molecule has 0 aromatic heterocycles. The number of esters is 1. The third-order valence-corrected chi connectivity index (χ3v) is 1.86. The number of aliphatic hydroxyl groups excluding tert-OH is 1. The Balaban J connectivity index is 3.13. The van der Waals surface area contributed by atoms with Crippen molar-refractivity contribution in [2.45, 2.75) is 13.2 Å². The Hall–Kier alpha value is -1.39. The van der Waals surface area contributed by atoms with E-state index in [-0.39, 0.29) is 0 Å². The summed E-state index contributed by atoms with van der Waals surface area (Å²) in [5, 5.41) is 9.15.